The maximum atomic E-state index is 12.5. The lowest BCUT2D eigenvalue weighted by molar-refractivity contribution is -0.121. The number of nitrogens with one attached hydrogen (secondary N) is 1. The second-order valence-corrected chi connectivity index (χ2v) is 8.03. The van der Waals surface area contributed by atoms with Gasteiger partial charge >= 0.3 is 0 Å². The van der Waals surface area contributed by atoms with Crippen LogP contribution < -0.4 is 10.1 Å². The Morgan fingerprint density at radius 2 is 1.81 bits per heavy atom. The molecule has 0 aliphatic rings. The van der Waals surface area contributed by atoms with Crippen LogP contribution in [-0.2, 0) is 11.2 Å². The number of ether oxygens (including phenoxy) is 1. The number of rotatable bonds is 8. The van der Waals surface area contributed by atoms with E-state index >= 15 is 0 Å². The number of fused-ring (bicyclic) bond motifs is 1. The summed E-state index contributed by atoms with van der Waals surface area (Å²) in [7, 11) is 1.66. The number of hydrogen-bond donors (Lipinski definition) is 1. The number of imidazole rings is 1. The topological polar surface area (TPSA) is 55.6 Å². The number of pyridine rings is 1. The van der Waals surface area contributed by atoms with E-state index in [1.807, 2.05) is 55.5 Å². The zero-order chi connectivity index (χ0) is 22.5. The minimum absolute atomic E-state index is 0.0603. The Kier molecular flexibility index (Phi) is 6.55. The lowest BCUT2D eigenvalue weighted by Gasteiger charge is -2.12. The smallest absolute Gasteiger partial charge is 0.220 e. The SMILES string of the molecule is CC[C@@H](C)NC(=O)CCc1c(-c2cccc(OC)c2)nc2ccc(-c3ccccc3)cn12. The number of aromatic nitrogens is 2. The minimum atomic E-state index is 0.0603. The van der Waals surface area contributed by atoms with Crippen LogP contribution in [0.4, 0.5) is 0 Å². The van der Waals surface area contributed by atoms with Gasteiger partial charge in [0.05, 0.1) is 18.5 Å². The molecule has 0 unspecified atom stereocenters. The Hall–Kier alpha value is -3.60. The van der Waals surface area contributed by atoms with E-state index in [0.29, 0.717) is 12.8 Å². The first-order valence-electron chi connectivity index (χ1n) is 11.1. The van der Waals surface area contributed by atoms with Gasteiger partial charge in [-0.3, -0.25) is 4.79 Å². The second-order valence-electron chi connectivity index (χ2n) is 8.03. The van der Waals surface area contributed by atoms with Gasteiger partial charge < -0.3 is 14.5 Å². The summed E-state index contributed by atoms with van der Waals surface area (Å²) in [6.45, 7) is 4.10. The van der Waals surface area contributed by atoms with Crippen molar-refractivity contribution in [1.82, 2.24) is 14.7 Å². The van der Waals surface area contributed by atoms with Crippen molar-refractivity contribution in [3.05, 3.63) is 78.6 Å². The highest BCUT2D eigenvalue weighted by Crippen LogP contribution is 2.30. The van der Waals surface area contributed by atoms with Crippen LogP contribution in [-0.4, -0.2) is 28.4 Å². The van der Waals surface area contributed by atoms with Gasteiger partial charge in [-0.15, -0.1) is 0 Å². The van der Waals surface area contributed by atoms with Crippen molar-refractivity contribution in [3.8, 4) is 28.1 Å². The predicted molar refractivity (Wildman–Crippen MR) is 129 cm³/mol. The van der Waals surface area contributed by atoms with E-state index in [1.165, 1.54) is 0 Å². The van der Waals surface area contributed by atoms with Crippen molar-refractivity contribution in [2.24, 2.45) is 0 Å². The van der Waals surface area contributed by atoms with Crippen molar-refractivity contribution in [3.63, 3.8) is 0 Å². The zero-order valence-electron chi connectivity index (χ0n) is 18.8. The molecule has 0 bridgehead atoms. The van der Waals surface area contributed by atoms with Crippen LogP contribution in [0.2, 0.25) is 0 Å². The summed E-state index contributed by atoms with van der Waals surface area (Å²) in [5, 5.41) is 3.07. The van der Waals surface area contributed by atoms with Crippen LogP contribution in [0.1, 0.15) is 32.4 Å². The molecule has 1 atom stereocenters. The van der Waals surface area contributed by atoms with Gasteiger partial charge in [0.15, 0.2) is 0 Å². The third kappa shape index (κ3) is 4.67. The van der Waals surface area contributed by atoms with Gasteiger partial charge in [-0.2, -0.15) is 0 Å². The van der Waals surface area contributed by atoms with Gasteiger partial charge in [0.2, 0.25) is 5.91 Å². The van der Waals surface area contributed by atoms with Crippen molar-refractivity contribution >= 4 is 11.6 Å². The van der Waals surface area contributed by atoms with Crippen LogP contribution in [0.3, 0.4) is 0 Å². The van der Waals surface area contributed by atoms with Crippen LogP contribution in [0.15, 0.2) is 72.9 Å². The number of benzene rings is 2. The van der Waals surface area contributed by atoms with E-state index in [-0.39, 0.29) is 11.9 Å². The molecule has 164 valence electrons. The molecule has 0 saturated heterocycles. The molecule has 4 aromatic rings. The number of methoxy groups -OCH3 is 1. The van der Waals surface area contributed by atoms with Gasteiger partial charge in [0, 0.05) is 24.2 Å². The summed E-state index contributed by atoms with van der Waals surface area (Å²) >= 11 is 0. The Morgan fingerprint density at radius 3 is 2.56 bits per heavy atom. The molecular weight excluding hydrogens is 398 g/mol. The van der Waals surface area contributed by atoms with E-state index < -0.39 is 0 Å². The molecule has 0 spiro atoms. The van der Waals surface area contributed by atoms with Gasteiger partial charge in [0.25, 0.3) is 0 Å². The fourth-order valence-electron chi connectivity index (χ4n) is 3.82. The van der Waals surface area contributed by atoms with Gasteiger partial charge in [0.1, 0.15) is 11.4 Å². The van der Waals surface area contributed by atoms with E-state index in [9.17, 15) is 4.79 Å². The predicted octanol–water partition coefficient (Wildman–Crippen LogP) is 5.52. The quantitative estimate of drug-likeness (QED) is 0.403. The molecule has 0 radical (unpaired) electrons. The Balaban J connectivity index is 1.77. The molecule has 4 rings (SSSR count). The summed E-state index contributed by atoms with van der Waals surface area (Å²) < 4.78 is 7.54. The summed E-state index contributed by atoms with van der Waals surface area (Å²) in [5.41, 5.74) is 5.99. The Labute approximate surface area is 189 Å². The largest absolute Gasteiger partial charge is 0.497 e. The fraction of sp³-hybridized carbons (Fsp3) is 0.259. The number of nitrogens with zero attached hydrogens (tertiary/aromatic N) is 2. The monoisotopic (exact) mass is 427 g/mol. The van der Waals surface area contributed by atoms with Crippen LogP contribution in [0, 0.1) is 0 Å². The number of hydrogen-bond acceptors (Lipinski definition) is 3. The fourth-order valence-corrected chi connectivity index (χ4v) is 3.82. The molecule has 2 aromatic carbocycles. The molecule has 0 aliphatic carbocycles. The zero-order valence-corrected chi connectivity index (χ0v) is 18.8. The lowest BCUT2D eigenvalue weighted by atomic mass is 10.1. The average Bonchev–Trinajstić information content (AvgIpc) is 3.21. The molecule has 0 fully saturated rings. The van der Waals surface area contributed by atoms with Crippen molar-refractivity contribution in [1.29, 1.82) is 0 Å². The highest BCUT2D eigenvalue weighted by atomic mass is 16.5. The first-order valence-corrected chi connectivity index (χ1v) is 11.1. The molecule has 1 amide bonds. The molecule has 0 saturated carbocycles. The maximum Gasteiger partial charge on any atom is 0.220 e. The van der Waals surface area contributed by atoms with E-state index in [4.69, 9.17) is 9.72 Å². The Morgan fingerprint density at radius 1 is 1.03 bits per heavy atom. The summed E-state index contributed by atoms with van der Waals surface area (Å²) in [4.78, 5) is 17.4. The molecule has 1 N–H and O–H groups in total. The molecular formula is C27H29N3O2. The van der Waals surface area contributed by atoms with Gasteiger partial charge in [-0.1, -0.05) is 49.4 Å². The Bertz CT molecular complexity index is 1210. The molecule has 5 heteroatoms. The third-order valence-corrected chi connectivity index (χ3v) is 5.78. The summed E-state index contributed by atoms with van der Waals surface area (Å²) in [5.74, 6) is 0.843. The van der Waals surface area contributed by atoms with E-state index in [0.717, 1.165) is 45.9 Å². The van der Waals surface area contributed by atoms with Crippen LogP contribution in [0.25, 0.3) is 28.0 Å². The van der Waals surface area contributed by atoms with E-state index in [2.05, 4.69) is 41.0 Å². The molecule has 2 heterocycles. The van der Waals surface area contributed by atoms with Crippen molar-refractivity contribution in [2.45, 2.75) is 39.2 Å². The van der Waals surface area contributed by atoms with Gasteiger partial charge in [-0.05, 0) is 55.2 Å². The third-order valence-electron chi connectivity index (χ3n) is 5.78. The molecule has 32 heavy (non-hydrogen) atoms. The molecule has 2 aromatic heterocycles. The summed E-state index contributed by atoms with van der Waals surface area (Å²) in [6.07, 6.45) is 4.03. The molecule has 0 aliphatic heterocycles. The van der Waals surface area contributed by atoms with Gasteiger partial charge in [-0.25, -0.2) is 4.98 Å². The number of carbonyl (C=O) groups is 1. The van der Waals surface area contributed by atoms with Crippen LogP contribution in [0.5, 0.6) is 5.75 Å². The van der Waals surface area contributed by atoms with E-state index in [1.54, 1.807) is 7.11 Å². The highest BCUT2D eigenvalue weighted by Gasteiger charge is 2.17. The molecule has 5 nitrogen and oxygen atoms in total. The first kappa shape index (κ1) is 21.6. The van der Waals surface area contributed by atoms with Crippen molar-refractivity contribution in [2.75, 3.05) is 7.11 Å². The van der Waals surface area contributed by atoms with Crippen molar-refractivity contribution < 1.29 is 9.53 Å². The standard InChI is InChI=1S/C27H29N3O2/c1-4-19(2)28-26(31)16-14-24-27(21-11-8-12-23(17-21)32-3)29-25-15-13-22(18-30(24)25)20-9-6-5-7-10-20/h5-13,15,17-19H,4,14,16H2,1-3H3,(H,28,31)/t19-/m1/s1. The highest BCUT2D eigenvalue weighted by molar-refractivity contribution is 5.77. The lowest BCUT2D eigenvalue weighted by Crippen LogP contribution is -2.32. The first-order chi connectivity index (χ1) is 15.6. The number of amides is 1. The van der Waals surface area contributed by atoms with Crippen LogP contribution >= 0.6 is 0 Å². The normalized spacial score (nSPS) is 12.0. The summed E-state index contributed by atoms with van der Waals surface area (Å²) in [6, 6.07) is 22.5. The maximum absolute atomic E-state index is 12.5. The number of carbonyl (C=O) groups excluding carboxylic acids is 1. The minimum Gasteiger partial charge on any atom is -0.497 e. The average molecular weight is 428 g/mol. The second kappa shape index (κ2) is 9.69. The number of aryl methyl sites for hydroxylation is 1.